The van der Waals surface area contributed by atoms with Crippen LogP contribution in [-0.4, -0.2) is 32.2 Å². The van der Waals surface area contributed by atoms with Crippen LogP contribution in [0.4, 0.5) is 11.6 Å². The number of anilines is 2. The largest absolute Gasteiger partial charge is 0.307 e. The van der Waals surface area contributed by atoms with E-state index in [1.54, 1.807) is 24.3 Å². The van der Waals surface area contributed by atoms with Gasteiger partial charge in [0, 0.05) is 21.1 Å². The Morgan fingerprint density at radius 3 is 1.58 bits per heavy atom. The maximum Gasteiger partial charge on any atom is 0.257 e. The third-order valence-corrected chi connectivity index (χ3v) is 4.36. The Morgan fingerprint density at radius 2 is 1.25 bits per heavy atom. The summed E-state index contributed by atoms with van der Waals surface area (Å²) in [7, 11) is 0. The third kappa shape index (κ3) is 3.54. The van der Waals surface area contributed by atoms with Gasteiger partial charge in [0.25, 0.3) is 11.8 Å². The molecule has 0 radical (unpaired) electrons. The normalized spacial score (nSPS) is 10.4. The van der Waals surface area contributed by atoms with E-state index in [4.69, 9.17) is 0 Å². The van der Waals surface area contributed by atoms with E-state index < -0.39 is 0 Å². The number of aromatic nitrogens is 4. The van der Waals surface area contributed by atoms with Gasteiger partial charge in [0.1, 0.15) is 11.6 Å². The van der Waals surface area contributed by atoms with Gasteiger partial charge in [0.05, 0.1) is 23.5 Å². The quantitative estimate of drug-likeness (QED) is 0.485. The van der Waals surface area contributed by atoms with E-state index in [1.165, 1.54) is 12.4 Å². The molecule has 0 spiro atoms. The van der Waals surface area contributed by atoms with Crippen molar-refractivity contribution in [1.82, 2.24) is 20.4 Å². The standard InChI is InChI=1S/C14H10Br2N6O2/c15-9-6-8(14(24)20-12-2-4-18-22-12)10(16)5-7(9)13(23)19-11-1-3-17-21-11/h1-6H,(H2,17,19,21,23)(H2,18,20,22,24). The van der Waals surface area contributed by atoms with Crippen LogP contribution in [0.3, 0.4) is 0 Å². The summed E-state index contributed by atoms with van der Waals surface area (Å²) in [5.74, 6) is 0.271. The fourth-order valence-electron chi connectivity index (χ4n) is 1.93. The maximum absolute atomic E-state index is 12.3. The minimum Gasteiger partial charge on any atom is -0.307 e. The van der Waals surface area contributed by atoms with E-state index in [-0.39, 0.29) is 11.8 Å². The summed E-state index contributed by atoms with van der Waals surface area (Å²) in [4.78, 5) is 24.6. The molecular formula is C14H10Br2N6O2. The van der Waals surface area contributed by atoms with Crippen molar-refractivity contribution in [3.05, 3.63) is 56.7 Å². The van der Waals surface area contributed by atoms with Gasteiger partial charge in [0.2, 0.25) is 0 Å². The van der Waals surface area contributed by atoms with E-state index in [0.717, 1.165) is 0 Å². The molecule has 122 valence electrons. The van der Waals surface area contributed by atoms with Crippen LogP contribution in [0.2, 0.25) is 0 Å². The van der Waals surface area contributed by atoms with Crippen molar-refractivity contribution >= 4 is 55.3 Å². The van der Waals surface area contributed by atoms with Crippen molar-refractivity contribution < 1.29 is 9.59 Å². The second kappa shape index (κ2) is 6.97. The Labute approximate surface area is 152 Å². The van der Waals surface area contributed by atoms with Crippen molar-refractivity contribution in [3.8, 4) is 0 Å². The van der Waals surface area contributed by atoms with Crippen LogP contribution in [-0.2, 0) is 0 Å². The average molecular weight is 454 g/mol. The zero-order valence-corrected chi connectivity index (χ0v) is 15.1. The number of benzene rings is 1. The summed E-state index contributed by atoms with van der Waals surface area (Å²) in [6.07, 6.45) is 3.06. The van der Waals surface area contributed by atoms with Gasteiger partial charge in [-0.25, -0.2) is 0 Å². The van der Waals surface area contributed by atoms with Crippen LogP contribution in [0.1, 0.15) is 20.7 Å². The molecule has 0 unspecified atom stereocenters. The summed E-state index contributed by atoms with van der Waals surface area (Å²) in [5, 5.41) is 18.1. The molecule has 0 saturated heterocycles. The highest BCUT2D eigenvalue weighted by atomic mass is 79.9. The summed E-state index contributed by atoms with van der Waals surface area (Å²) >= 11 is 6.65. The minimum atomic E-state index is -0.340. The molecule has 2 aromatic heterocycles. The molecule has 0 aliphatic carbocycles. The third-order valence-electron chi connectivity index (χ3n) is 3.04. The van der Waals surface area contributed by atoms with Crippen LogP contribution in [0.15, 0.2) is 45.6 Å². The average Bonchev–Trinajstić information content (AvgIpc) is 3.22. The zero-order valence-electron chi connectivity index (χ0n) is 11.9. The lowest BCUT2D eigenvalue weighted by atomic mass is 10.1. The Hall–Kier alpha value is -2.46. The molecule has 3 rings (SSSR count). The monoisotopic (exact) mass is 452 g/mol. The molecule has 1 aromatic carbocycles. The molecule has 24 heavy (non-hydrogen) atoms. The van der Waals surface area contributed by atoms with Crippen LogP contribution < -0.4 is 10.6 Å². The Balaban J connectivity index is 1.82. The van der Waals surface area contributed by atoms with Crippen molar-refractivity contribution in [2.24, 2.45) is 0 Å². The van der Waals surface area contributed by atoms with Crippen LogP contribution in [0, 0.1) is 0 Å². The van der Waals surface area contributed by atoms with E-state index >= 15 is 0 Å². The first-order valence-corrected chi connectivity index (χ1v) is 8.23. The predicted molar refractivity (Wildman–Crippen MR) is 94.9 cm³/mol. The topological polar surface area (TPSA) is 116 Å². The summed E-state index contributed by atoms with van der Waals surface area (Å²) in [5.41, 5.74) is 0.740. The number of rotatable bonds is 4. The number of carbonyl (C=O) groups excluding carboxylic acids is 2. The van der Waals surface area contributed by atoms with E-state index in [0.29, 0.717) is 31.7 Å². The zero-order chi connectivity index (χ0) is 17.1. The molecule has 10 heteroatoms. The van der Waals surface area contributed by atoms with Crippen LogP contribution >= 0.6 is 31.9 Å². The SMILES string of the molecule is O=C(Nc1ccn[nH]1)c1cc(Br)c(C(=O)Nc2ccn[nH]2)cc1Br. The van der Waals surface area contributed by atoms with Gasteiger partial charge >= 0.3 is 0 Å². The second-order valence-electron chi connectivity index (χ2n) is 4.66. The van der Waals surface area contributed by atoms with Gasteiger partial charge < -0.3 is 10.6 Å². The van der Waals surface area contributed by atoms with E-state index in [1.807, 2.05) is 0 Å². The molecule has 0 bridgehead atoms. The first-order chi connectivity index (χ1) is 11.5. The van der Waals surface area contributed by atoms with Gasteiger partial charge in [-0.3, -0.25) is 19.8 Å². The van der Waals surface area contributed by atoms with Crippen molar-refractivity contribution in [3.63, 3.8) is 0 Å². The molecule has 2 amide bonds. The molecule has 3 aromatic rings. The highest BCUT2D eigenvalue weighted by Gasteiger charge is 2.18. The first kappa shape index (κ1) is 16.4. The lowest BCUT2D eigenvalue weighted by molar-refractivity contribution is 0.101. The Bertz CT molecular complexity index is 803. The van der Waals surface area contributed by atoms with E-state index in [2.05, 4.69) is 62.9 Å². The number of aromatic amines is 2. The lowest BCUT2D eigenvalue weighted by Crippen LogP contribution is -2.16. The van der Waals surface area contributed by atoms with Gasteiger partial charge in [-0.1, -0.05) is 0 Å². The van der Waals surface area contributed by atoms with Crippen molar-refractivity contribution in [2.45, 2.75) is 0 Å². The fourth-order valence-corrected chi connectivity index (χ4v) is 2.97. The lowest BCUT2D eigenvalue weighted by Gasteiger charge is -2.10. The number of hydrogen-bond acceptors (Lipinski definition) is 4. The molecule has 8 nitrogen and oxygen atoms in total. The van der Waals surface area contributed by atoms with Crippen molar-refractivity contribution in [2.75, 3.05) is 10.6 Å². The molecule has 2 heterocycles. The van der Waals surface area contributed by atoms with Gasteiger partial charge in [0.15, 0.2) is 0 Å². The number of H-pyrrole nitrogens is 2. The van der Waals surface area contributed by atoms with Gasteiger partial charge in [-0.05, 0) is 44.0 Å². The molecule has 0 aliphatic heterocycles. The molecule has 0 fully saturated rings. The summed E-state index contributed by atoms with van der Waals surface area (Å²) < 4.78 is 0.968. The number of nitrogens with one attached hydrogen (secondary N) is 4. The van der Waals surface area contributed by atoms with E-state index in [9.17, 15) is 9.59 Å². The molecule has 4 N–H and O–H groups in total. The Morgan fingerprint density at radius 1 is 0.833 bits per heavy atom. The Kier molecular flexibility index (Phi) is 4.76. The number of halogens is 2. The number of hydrogen-bond donors (Lipinski definition) is 4. The maximum atomic E-state index is 12.3. The number of amides is 2. The predicted octanol–water partition coefficient (Wildman–Crippen LogP) is 3.16. The highest BCUT2D eigenvalue weighted by molar-refractivity contribution is 9.11. The minimum absolute atomic E-state index is 0.340. The fraction of sp³-hybridized carbons (Fsp3) is 0. The smallest absolute Gasteiger partial charge is 0.257 e. The second-order valence-corrected chi connectivity index (χ2v) is 6.37. The number of carbonyl (C=O) groups is 2. The van der Waals surface area contributed by atoms with Crippen molar-refractivity contribution in [1.29, 1.82) is 0 Å². The molecular weight excluding hydrogens is 444 g/mol. The summed E-state index contributed by atoms with van der Waals surface area (Å²) in [6.45, 7) is 0. The van der Waals surface area contributed by atoms with Gasteiger partial charge in [-0.2, -0.15) is 10.2 Å². The summed E-state index contributed by atoms with van der Waals surface area (Å²) in [6, 6.07) is 6.40. The molecule has 0 saturated carbocycles. The number of nitrogens with zero attached hydrogens (tertiary/aromatic N) is 2. The van der Waals surface area contributed by atoms with Crippen LogP contribution in [0.5, 0.6) is 0 Å². The highest BCUT2D eigenvalue weighted by Crippen LogP contribution is 2.27. The molecule has 0 atom stereocenters. The molecule has 0 aliphatic rings. The van der Waals surface area contributed by atoms with Gasteiger partial charge in [-0.15, -0.1) is 0 Å². The van der Waals surface area contributed by atoms with Crippen LogP contribution in [0.25, 0.3) is 0 Å². The first-order valence-electron chi connectivity index (χ1n) is 6.65.